The van der Waals surface area contributed by atoms with Gasteiger partial charge in [-0.1, -0.05) is 18.2 Å². The van der Waals surface area contributed by atoms with Crippen LogP contribution in [-0.4, -0.2) is 63.8 Å². The summed E-state index contributed by atoms with van der Waals surface area (Å²) in [4.78, 5) is 16.8. The van der Waals surface area contributed by atoms with Gasteiger partial charge in [0.05, 0.1) is 25.9 Å². The predicted molar refractivity (Wildman–Crippen MR) is 125 cm³/mol. The van der Waals surface area contributed by atoms with Crippen LogP contribution < -0.4 is 19.7 Å². The third-order valence-corrected chi connectivity index (χ3v) is 5.83. The molecule has 1 aliphatic rings. The summed E-state index contributed by atoms with van der Waals surface area (Å²) < 4.78 is 11.4. The van der Waals surface area contributed by atoms with E-state index in [2.05, 4.69) is 54.1 Å². The molecule has 2 aromatic carbocycles. The van der Waals surface area contributed by atoms with Crippen LogP contribution in [0.15, 0.2) is 36.4 Å². The number of anilines is 1. The fourth-order valence-corrected chi connectivity index (χ4v) is 3.93. The van der Waals surface area contributed by atoms with Crippen LogP contribution in [0, 0.1) is 20.8 Å². The van der Waals surface area contributed by atoms with E-state index in [-0.39, 0.29) is 5.91 Å². The van der Waals surface area contributed by atoms with E-state index < -0.39 is 0 Å². The molecule has 3 rings (SSSR count). The van der Waals surface area contributed by atoms with Crippen molar-refractivity contribution >= 4 is 11.6 Å². The highest BCUT2D eigenvalue weighted by Crippen LogP contribution is 2.28. The van der Waals surface area contributed by atoms with E-state index in [0.29, 0.717) is 19.7 Å². The molecule has 0 saturated carbocycles. The second-order valence-corrected chi connectivity index (χ2v) is 8.19. The Morgan fingerprint density at radius 3 is 2.52 bits per heavy atom. The van der Waals surface area contributed by atoms with E-state index in [9.17, 15) is 4.79 Å². The summed E-state index contributed by atoms with van der Waals surface area (Å²) in [5, 5.41) is 3.02. The van der Waals surface area contributed by atoms with Crippen molar-refractivity contribution in [2.45, 2.75) is 27.2 Å². The molecule has 0 aromatic heterocycles. The Bertz CT molecular complexity index is 876. The Labute approximate surface area is 186 Å². The fourth-order valence-electron chi connectivity index (χ4n) is 3.93. The lowest BCUT2D eigenvalue weighted by molar-refractivity contribution is -0.122. The molecule has 31 heavy (non-hydrogen) atoms. The van der Waals surface area contributed by atoms with Gasteiger partial charge in [0, 0.05) is 32.7 Å². The Balaban J connectivity index is 1.34. The van der Waals surface area contributed by atoms with Crippen molar-refractivity contribution in [3.8, 4) is 11.5 Å². The summed E-state index contributed by atoms with van der Waals surface area (Å²) in [7, 11) is 1.70. The number of nitrogens with zero attached hydrogens (tertiary/aromatic N) is 2. The first-order chi connectivity index (χ1) is 15.0. The van der Waals surface area contributed by atoms with Gasteiger partial charge >= 0.3 is 0 Å². The monoisotopic (exact) mass is 425 g/mol. The van der Waals surface area contributed by atoms with Crippen LogP contribution in [0.2, 0.25) is 0 Å². The third-order valence-electron chi connectivity index (χ3n) is 5.83. The largest absolute Gasteiger partial charge is 0.495 e. The van der Waals surface area contributed by atoms with Crippen LogP contribution in [0.3, 0.4) is 0 Å². The zero-order chi connectivity index (χ0) is 22.2. The van der Waals surface area contributed by atoms with Crippen molar-refractivity contribution in [2.75, 3.05) is 57.9 Å². The smallest absolute Gasteiger partial charge is 0.234 e. The van der Waals surface area contributed by atoms with Crippen molar-refractivity contribution in [3.05, 3.63) is 53.1 Å². The summed E-state index contributed by atoms with van der Waals surface area (Å²) in [5.41, 5.74) is 4.75. The van der Waals surface area contributed by atoms with Gasteiger partial charge in [0.15, 0.2) is 0 Å². The van der Waals surface area contributed by atoms with Gasteiger partial charge in [-0.2, -0.15) is 0 Å². The molecule has 1 fully saturated rings. The number of rotatable bonds is 9. The van der Waals surface area contributed by atoms with Crippen LogP contribution in [0.1, 0.15) is 23.1 Å². The molecule has 0 unspecified atom stereocenters. The van der Waals surface area contributed by atoms with Crippen molar-refractivity contribution in [1.82, 2.24) is 10.2 Å². The number of carbonyl (C=O) groups excluding carboxylic acids is 1. The van der Waals surface area contributed by atoms with Gasteiger partial charge in [0.2, 0.25) is 5.91 Å². The Kier molecular flexibility index (Phi) is 8.18. The predicted octanol–water partition coefficient (Wildman–Crippen LogP) is 3.33. The number of carbonyl (C=O) groups is 1. The lowest BCUT2D eigenvalue weighted by Gasteiger charge is -2.36. The minimum atomic E-state index is 0.0772. The number of piperazine rings is 1. The van der Waals surface area contributed by atoms with Crippen LogP contribution in [-0.2, 0) is 4.79 Å². The molecule has 2 aromatic rings. The normalized spacial score (nSPS) is 14.4. The number of nitrogens with one attached hydrogen (secondary N) is 1. The molecular formula is C25H35N3O3. The zero-order valence-electron chi connectivity index (χ0n) is 19.2. The number of amides is 1. The molecule has 6 heteroatoms. The first-order valence-electron chi connectivity index (χ1n) is 11.1. The average Bonchev–Trinajstić information content (AvgIpc) is 2.77. The van der Waals surface area contributed by atoms with E-state index in [1.54, 1.807) is 7.11 Å². The van der Waals surface area contributed by atoms with E-state index in [1.807, 2.05) is 18.2 Å². The maximum Gasteiger partial charge on any atom is 0.234 e. The topological polar surface area (TPSA) is 54.0 Å². The lowest BCUT2D eigenvalue weighted by Crippen LogP contribution is -2.49. The Hall–Kier alpha value is -2.73. The van der Waals surface area contributed by atoms with Crippen molar-refractivity contribution in [2.24, 2.45) is 0 Å². The third kappa shape index (κ3) is 6.37. The zero-order valence-corrected chi connectivity index (χ0v) is 19.2. The van der Waals surface area contributed by atoms with Crippen molar-refractivity contribution in [3.63, 3.8) is 0 Å². The number of para-hydroxylation sites is 2. The van der Waals surface area contributed by atoms with Gasteiger partial charge in [-0.15, -0.1) is 0 Å². The molecule has 0 atom stereocenters. The van der Waals surface area contributed by atoms with E-state index in [0.717, 1.165) is 49.8 Å². The highest BCUT2D eigenvalue weighted by Gasteiger charge is 2.20. The van der Waals surface area contributed by atoms with E-state index in [4.69, 9.17) is 9.47 Å². The first kappa shape index (κ1) is 22.9. The van der Waals surface area contributed by atoms with Crippen molar-refractivity contribution < 1.29 is 14.3 Å². The summed E-state index contributed by atoms with van der Waals surface area (Å²) in [6.45, 7) is 11.4. The molecule has 0 spiro atoms. The number of methoxy groups -OCH3 is 1. The molecule has 6 nitrogen and oxygen atoms in total. The van der Waals surface area contributed by atoms with Gasteiger partial charge in [0.1, 0.15) is 11.5 Å². The average molecular weight is 426 g/mol. The summed E-state index contributed by atoms with van der Waals surface area (Å²) in [5.74, 6) is 1.91. The number of aryl methyl sites for hydroxylation is 2. The summed E-state index contributed by atoms with van der Waals surface area (Å²) >= 11 is 0. The minimum Gasteiger partial charge on any atom is -0.495 e. The Morgan fingerprint density at radius 2 is 1.77 bits per heavy atom. The second-order valence-electron chi connectivity index (χ2n) is 8.19. The van der Waals surface area contributed by atoms with E-state index >= 15 is 0 Å². The molecule has 0 aliphatic carbocycles. The standard InChI is InChI=1S/C25H35N3O3/c1-19-16-20(2)21(3)24(17-19)31-15-7-10-26-25(29)18-27-11-13-28(14-12-27)22-8-5-6-9-23(22)30-4/h5-6,8-9,16-17H,7,10-15,18H2,1-4H3,(H,26,29). The molecule has 1 amide bonds. The quantitative estimate of drug-likeness (QED) is 0.625. The summed E-state index contributed by atoms with van der Waals surface area (Å²) in [6, 6.07) is 12.3. The molecule has 0 bridgehead atoms. The molecule has 1 saturated heterocycles. The minimum absolute atomic E-state index is 0.0772. The lowest BCUT2D eigenvalue weighted by atomic mass is 10.1. The number of hydrogen-bond acceptors (Lipinski definition) is 5. The molecule has 168 valence electrons. The van der Waals surface area contributed by atoms with Crippen LogP contribution in [0.25, 0.3) is 0 Å². The van der Waals surface area contributed by atoms with Crippen LogP contribution in [0.5, 0.6) is 11.5 Å². The SMILES string of the molecule is COc1ccccc1N1CCN(CC(=O)NCCCOc2cc(C)cc(C)c2C)CC1. The van der Waals surface area contributed by atoms with E-state index in [1.165, 1.54) is 16.7 Å². The highest BCUT2D eigenvalue weighted by molar-refractivity contribution is 5.78. The maximum absolute atomic E-state index is 12.3. The molecule has 1 N–H and O–H groups in total. The molecular weight excluding hydrogens is 390 g/mol. The van der Waals surface area contributed by atoms with Crippen LogP contribution in [0.4, 0.5) is 5.69 Å². The van der Waals surface area contributed by atoms with Gasteiger partial charge in [0.25, 0.3) is 0 Å². The van der Waals surface area contributed by atoms with Gasteiger partial charge < -0.3 is 19.7 Å². The maximum atomic E-state index is 12.3. The van der Waals surface area contributed by atoms with Crippen LogP contribution >= 0.6 is 0 Å². The number of hydrogen-bond donors (Lipinski definition) is 1. The van der Waals surface area contributed by atoms with Gasteiger partial charge in [-0.3, -0.25) is 9.69 Å². The fraction of sp³-hybridized carbons (Fsp3) is 0.480. The first-order valence-corrected chi connectivity index (χ1v) is 11.1. The Morgan fingerprint density at radius 1 is 1.03 bits per heavy atom. The van der Waals surface area contributed by atoms with Gasteiger partial charge in [-0.05, 0) is 62.1 Å². The molecule has 1 heterocycles. The molecule has 1 aliphatic heterocycles. The second kappa shape index (κ2) is 11.0. The molecule has 0 radical (unpaired) electrons. The number of ether oxygens (including phenoxy) is 2. The van der Waals surface area contributed by atoms with Crippen molar-refractivity contribution in [1.29, 1.82) is 0 Å². The summed E-state index contributed by atoms with van der Waals surface area (Å²) in [6.07, 6.45) is 0.791. The highest BCUT2D eigenvalue weighted by atomic mass is 16.5. The van der Waals surface area contributed by atoms with Gasteiger partial charge in [-0.25, -0.2) is 0 Å². The number of benzene rings is 2.